The Morgan fingerprint density at radius 3 is 2.28 bits per heavy atom. The lowest BCUT2D eigenvalue weighted by atomic mass is 9.77. The number of esters is 1. The lowest BCUT2D eigenvalue weighted by Crippen LogP contribution is -2.59. The van der Waals surface area contributed by atoms with Crippen molar-refractivity contribution in [2.24, 2.45) is 17.8 Å². The summed E-state index contributed by atoms with van der Waals surface area (Å²) in [5.41, 5.74) is -3.37. The van der Waals surface area contributed by atoms with Crippen molar-refractivity contribution >= 4 is 12.1 Å². The highest BCUT2D eigenvalue weighted by Gasteiger charge is 2.51. The van der Waals surface area contributed by atoms with E-state index in [9.17, 15) is 30.0 Å². The average Bonchev–Trinajstić information content (AvgIpc) is 3.03. The van der Waals surface area contributed by atoms with Crippen molar-refractivity contribution in [2.75, 3.05) is 34.2 Å². The van der Waals surface area contributed by atoms with E-state index in [1.54, 1.807) is 34.6 Å². The Morgan fingerprint density at radius 1 is 1.06 bits per heavy atom. The van der Waals surface area contributed by atoms with Gasteiger partial charge in [-0.15, -0.1) is 0 Å². The second-order valence-electron chi connectivity index (χ2n) is 16.0. The molecular formula is C37H71N3O10. The molecule has 2 aliphatic rings. The summed E-state index contributed by atoms with van der Waals surface area (Å²) in [5, 5.41) is 49.6. The lowest BCUT2D eigenvalue weighted by molar-refractivity contribution is -0.299. The topological polar surface area (TPSA) is 170 Å². The van der Waals surface area contributed by atoms with Crippen LogP contribution in [-0.4, -0.2) is 143 Å². The predicted octanol–water partition coefficient (Wildman–Crippen LogP) is 3.29. The SMILES string of the molecule is CCCCCCNC(=O)O[C@H]1[C@H](C)[C@@H](O[C@@H]2O[C@H](C)C[C@H](N(C)C)[C@H]2O)[C@](C)(O)C[C@@H](C)CN(C)[C@H](C)[C@@H](O)[C@](C)(O)[C@@H](CC)OC(=O)[C@@H]1C. The first-order chi connectivity index (χ1) is 23.2. The van der Waals surface area contributed by atoms with E-state index < -0.39 is 78.0 Å². The first-order valence-corrected chi connectivity index (χ1v) is 18.8. The molecule has 0 unspecified atom stereocenters. The van der Waals surface area contributed by atoms with Crippen LogP contribution in [0.1, 0.15) is 107 Å². The summed E-state index contributed by atoms with van der Waals surface area (Å²) in [5.74, 6) is -2.78. The first kappa shape index (κ1) is 44.6. The molecule has 0 radical (unpaired) electrons. The minimum atomic E-state index is -1.80. The summed E-state index contributed by atoms with van der Waals surface area (Å²) in [6.45, 7) is 16.8. The van der Waals surface area contributed by atoms with Gasteiger partial charge in [0.2, 0.25) is 0 Å². The van der Waals surface area contributed by atoms with Gasteiger partial charge in [0.25, 0.3) is 0 Å². The zero-order valence-corrected chi connectivity index (χ0v) is 32.9. The van der Waals surface area contributed by atoms with E-state index in [2.05, 4.69) is 12.2 Å². The van der Waals surface area contributed by atoms with E-state index >= 15 is 0 Å². The number of cyclic esters (lactones) is 1. The number of hydrogen-bond acceptors (Lipinski definition) is 12. The molecule has 50 heavy (non-hydrogen) atoms. The van der Waals surface area contributed by atoms with E-state index in [1.807, 2.05) is 44.8 Å². The molecule has 0 aromatic heterocycles. The van der Waals surface area contributed by atoms with Gasteiger partial charge in [-0.05, 0) is 87.4 Å². The number of carbonyl (C=O) groups is 2. The zero-order valence-electron chi connectivity index (χ0n) is 32.9. The van der Waals surface area contributed by atoms with Crippen LogP contribution in [0.2, 0.25) is 0 Å². The van der Waals surface area contributed by atoms with Gasteiger partial charge in [-0.2, -0.15) is 0 Å². The molecule has 294 valence electrons. The van der Waals surface area contributed by atoms with E-state index in [4.69, 9.17) is 18.9 Å². The molecule has 2 saturated heterocycles. The van der Waals surface area contributed by atoms with Crippen LogP contribution in [0.4, 0.5) is 4.79 Å². The van der Waals surface area contributed by atoms with E-state index in [0.29, 0.717) is 19.5 Å². The lowest BCUT2D eigenvalue weighted by Gasteiger charge is -2.47. The van der Waals surface area contributed by atoms with Gasteiger partial charge in [-0.1, -0.05) is 47.0 Å². The number of nitrogens with one attached hydrogen (secondary N) is 1. The smallest absolute Gasteiger partial charge is 0.407 e. The summed E-state index contributed by atoms with van der Waals surface area (Å²) < 4.78 is 24.7. The average molecular weight is 718 g/mol. The maximum Gasteiger partial charge on any atom is 0.407 e. The van der Waals surface area contributed by atoms with Crippen LogP contribution in [0.25, 0.3) is 0 Å². The Hall–Kier alpha value is -1.58. The van der Waals surface area contributed by atoms with Crippen LogP contribution in [0.15, 0.2) is 0 Å². The maximum atomic E-state index is 13.9. The number of rotatable bonds is 10. The second-order valence-corrected chi connectivity index (χ2v) is 16.0. The number of aliphatic hydroxyl groups excluding tert-OH is 2. The van der Waals surface area contributed by atoms with E-state index in [-0.39, 0.29) is 30.9 Å². The summed E-state index contributed by atoms with van der Waals surface area (Å²) >= 11 is 0. The Kier molecular flexibility index (Phi) is 17.4. The number of carbonyl (C=O) groups excluding carboxylic acids is 2. The van der Waals surface area contributed by atoms with Crippen LogP contribution in [0, 0.1) is 17.8 Å². The number of hydrogen-bond donors (Lipinski definition) is 5. The number of likely N-dealkylation sites (N-methyl/N-ethyl adjacent to an activating group) is 2. The van der Waals surface area contributed by atoms with Crippen molar-refractivity contribution in [3.63, 3.8) is 0 Å². The molecule has 0 saturated carbocycles. The molecule has 13 heteroatoms. The fourth-order valence-corrected chi connectivity index (χ4v) is 7.84. The largest absolute Gasteiger partial charge is 0.459 e. The Labute approximate surface area is 301 Å². The normalized spacial score (nSPS) is 41.6. The molecular weight excluding hydrogens is 646 g/mol. The van der Waals surface area contributed by atoms with Crippen LogP contribution in [-0.2, 0) is 23.7 Å². The molecule has 1 amide bonds. The fraction of sp³-hybridized carbons (Fsp3) is 0.946. The van der Waals surface area contributed by atoms with E-state index in [1.165, 1.54) is 6.92 Å². The van der Waals surface area contributed by atoms with Gasteiger partial charge in [-0.3, -0.25) is 4.79 Å². The van der Waals surface area contributed by atoms with Crippen molar-refractivity contribution in [1.29, 1.82) is 0 Å². The summed E-state index contributed by atoms with van der Waals surface area (Å²) in [4.78, 5) is 31.1. The van der Waals surface area contributed by atoms with Gasteiger partial charge in [0.1, 0.15) is 30.0 Å². The Balaban J connectivity index is 2.65. The monoisotopic (exact) mass is 718 g/mol. The van der Waals surface area contributed by atoms with Crippen LogP contribution >= 0.6 is 0 Å². The third-order valence-electron chi connectivity index (χ3n) is 11.0. The third kappa shape index (κ3) is 11.7. The number of amides is 1. The van der Waals surface area contributed by atoms with Gasteiger partial charge >= 0.3 is 12.1 Å². The van der Waals surface area contributed by atoms with Crippen LogP contribution < -0.4 is 5.32 Å². The zero-order chi connectivity index (χ0) is 38.1. The van der Waals surface area contributed by atoms with Crippen molar-refractivity contribution in [3.05, 3.63) is 0 Å². The number of ether oxygens (including phenoxy) is 4. The van der Waals surface area contributed by atoms with Gasteiger partial charge in [0.15, 0.2) is 6.29 Å². The minimum Gasteiger partial charge on any atom is -0.459 e. The highest BCUT2D eigenvalue weighted by atomic mass is 16.7. The highest BCUT2D eigenvalue weighted by Crippen LogP contribution is 2.37. The standard InChI is InChI=1S/C37H71N3O10/c1-13-15-16-17-18-38-35(44)49-30-24(5)32(50-34-29(41)27(39(10)11)19-23(4)47-34)36(8,45)20-22(3)21-40(12)26(7)31(42)37(9,46)28(14-2)48-33(43)25(30)6/h22-32,34,41-42,45-46H,13-21H2,1-12H3,(H,38,44)/t22-,23-,24+,25-,26-,27+,28-,29-,30+,31-,32-,34+,36-,37-/m1/s1. The molecule has 5 N–H and O–H groups in total. The highest BCUT2D eigenvalue weighted by molar-refractivity contribution is 5.74. The maximum absolute atomic E-state index is 13.9. The predicted molar refractivity (Wildman–Crippen MR) is 191 cm³/mol. The molecule has 2 fully saturated rings. The Bertz CT molecular complexity index is 1040. The van der Waals surface area contributed by atoms with Crippen LogP contribution in [0.3, 0.4) is 0 Å². The molecule has 2 heterocycles. The number of alkyl carbamates (subject to hydrolysis) is 1. The summed E-state index contributed by atoms with van der Waals surface area (Å²) in [6.07, 6.45) is -2.91. The number of unbranched alkanes of at least 4 members (excludes halogenated alkanes) is 3. The number of nitrogens with zero attached hydrogens (tertiary/aromatic N) is 2. The van der Waals surface area contributed by atoms with Crippen LogP contribution in [0.5, 0.6) is 0 Å². The minimum absolute atomic E-state index is 0.147. The quantitative estimate of drug-likeness (QED) is 0.165. The molecule has 0 aromatic carbocycles. The summed E-state index contributed by atoms with van der Waals surface area (Å²) in [7, 11) is 5.58. The van der Waals surface area contributed by atoms with Crippen molar-refractivity contribution in [1.82, 2.24) is 15.1 Å². The Morgan fingerprint density at radius 2 is 1.70 bits per heavy atom. The molecule has 2 aliphatic heterocycles. The molecule has 13 nitrogen and oxygen atoms in total. The van der Waals surface area contributed by atoms with Gasteiger partial charge in [0, 0.05) is 31.1 Å². The van der Waals surface area contributed by atoms with Crippen molar-refractivity contribution < 1.29 is 49.0 Å². The van der Waals surface area contributed by atoms with Gasteiger partial charge in [-0.25, -0.2) is 4.79 Å². The first-order valence-electron chi connectivity index (χ1n) is 18.8. The third-order valence-corrected chi connectivity index (χ3v) is 11.0. The van der Waals surface area contributed by atoms with Gasteiger partial charge < -0.3 is 54.5 Å². The van der Waals surface area contributed by atoms with Gasteiger partial charge in [0.05, 0.1) is 23.7 Å². The molecule has 0 aliphatic carbocycles. The molecule has 0 bridgehead atoms. The van der Waals surface area contributed by atoms with E-state index in [0.717, 1.165) is 25.7 Å². The molecule has 0 aromatic rings. The molecule has 0 spiro atoms. The van der Waals surface area contributed by atoms with Crippen molar-refractivity contribution in [2.45, 2.75) is 173 Å². The fourth-order valence-electron chi connectivity index (χ4n) is 7.84. The molecule has 2 rings (SSSR count). The second kappa shape index (κ2) is 19.5. The van der Waals surface area contributed by atoms with Crippen molar-refractivity contribution in [3.8, 4) is 0 Å². The summed E-state index contributed by atoms with van der Waals surface area (Å²) in [6, 6.07) is -0.809. The molecule has 14 atom stereocenters. The number of aliphatic hydroxyl groups is 4.